The van der Waals surface area contributed by atoms with E-state index >= 15 is 0 Å². The SMILES string of the molecule is [2H]c1nc(Br)nc(-n2c([2H])nc(Br)c2[2H])c1[2H]. The van der Waals surface area contributed by atoms with Gasteiger partial charge in [-0.25, -0.2) is 15.0 Å². The predicted octanol–water partition coefficient (Wildman–Crippen LogP) is 2.19. The molecular weight excluding hydrogens is 300 g/mol. The number of hydrogen-bond acceptors (Lipinski definition) is 3. The molecule has 66 valence electrons. The fourth-order valence-corrected chi connectivity index (χ4v) is 1.22. The summed E-state index contributed by atoms with van der Waals surface area (Å²) in [5.74, 6) is -0.0231. The normalized spacial score (nSPS) is 14.6. The highest BCUT2D eigenvalue weighted by atomic mass is 79.9. The first-order chi connectivity index (χ1) is 7.91. The lowest BCUT2D eigenvalue weighted by molar-refractivity contribution is 0.953. The van der Waals surface area contributed by atoms with Gasteiger partial charge in [0, 0.05) is 12.3 Å². The van der Waals surface area contributed by atoms with Crippen LogP contribution in [-0.4, -0.2) is 19.5 Å². The van der Waals surface area contributed by atoms with Gasteiger partial charge in [0.2, 0.25) is 0 Å². The Labute approximate surface area is 96.9 Å². The Morgan fingerprint density at radius 2 is 2.23 bits per heavy atom. The zero-order chi connectivity index (χ0) is 12.7. The van der Waals surface area contributed by atoms with Gasteiger partial charge in [0.05, 0.1) is 4.11 Å². The molecule has 0 fully saturated rings. The molecule has 0 aromatic carbocycles. The van der Waals surface area contributed by atoms with E-state index in [0.717, 1.165) is 4.57 Å². The number of nitrogens with zero attached hydrogens (tertiary/aromatic N) is 4. The van der Waals surface area contributed by atoms with Crippen molar-refractivity contribution in [2.75, 3.05) is 0 Å². The van der Waals surface area contributed by atoms with Crippen LogP contribution in [0.25, 0.3) is 5.82 Å². The van der Waals surface area contributed by atoms with Gasteiger partial charge in [0.15, 0.2) is 4.73 Å². The lowest BCUT2D eigenvalue weighted by atomic mass is 10.6. The summed E-state index contributed by atoms with van der Waals surface area (Å²) in [6.45, 7) is 0. The van der Waals surface area contributed by atoms with E-state index in [1.54, 1.807) is 0 Å². The topological polar surface area (TPSA) is 43.6 Å². The minimum Gasteiger partial charge on any atom is -0.289 e. The van der Waals surface area contributed by atoms with E-state index in [2.05, 4.69) is 46.8 Å². The molecule has 2 aromatic rings. The van der Waals surface area contributed by atoms with Crippen LogP contribution in [-0.2, 0) is 0 Å². The molecule has 0 saturated carbocycles. The summed E-state index contributed by atoms with van der Waals surface area (Å²) in [4.78, 5) is 11.3. The average molecular weight is 308 g/mol. The van der Waals surface area contributed by atoms with Crippen LogP contribution in [0.3, 0.4) is 0 Å². The molecule has 2 aromatic heterocycles. The molecule has 0 aliphatic carbocycles. The molecule has 6 heteroatoms. The lowest BCUT2D eigenvalue weighted by Gasteiger charge is -1.98. The van der Waals surface area contributed by atoms with Crippen LogP contribution in [0.5, 0.6) is 0 Å². The highest BCUT2D eigenvalue weighted by molar-refractivity contribution is 9.10. The first kappa shape index (κ1) is 5.21. The number of imidazole rings is 1. The van der Waals surface area contributed by atoms with Gasteiger partial charge in [-0.05, 0) is 37.9 Å². The Kier molecular flexibility index (Phi) is 1.42. The number of halogens is 2. The molecular formula is C7H4Br2N4. The third-order valence-electron chi connectivity index (χ3n) is 1.18. The second-order valence-corrected chi connectivity index (χ2v) is 3.46. The molecule has 0 bridgehead atoms. The van der Waals surface area contributed by atoms with Gasteiger partial charge in [0.25, 0.3) is 0 Å². The molecule has 0 spiro atoms. The second kappa shape index (κ2) is 3.55. The molecule has 0 amide bonds. The zero-order valence-electron chi connectivity index (χ0n) is 10.0. The van der Waals surface area contributed by atoms with Crippen LogP contribution in [0.1, 0.15) is 5.48 Å². The molecule has 13 heavy (non-hydrogen) atoms. The van der Waals surface area contributed by atoms with Crippen molar-refractivity contribution in [3.63, 3.8) is 0 Å². The first-order valence-corrected chi connectivity index (χ1v) is 4.73. The Morgan fingerprint density at radius 1 is 1.38 bits per heavy atom. The van der Waals surface area contributed by atoms with Crippen molar-refractivity contribution in [3.05, 3.63) is 34.0 Å². The van der Waals surface area contributed by atoms with Gasteiger partial charge < -0.3 is 0 Å². The van der Waals surface area contributed by atoms with E-state index in [4.69, 9.17) is 5.48 Å². The van der Waals surface area contributed by atoms with Crippen LogP contribution < -0.4 is 0 Å². The van der Waals surface area contributed by atoms with E-state index in [1.807, 2.05) is 0 Å². The molecule has 0 saturated heterocycles. The Morgan fingerprint density at radius 3 is 2.92 bits per heavy atom. The maximum atomic E-state index is 7.70. The van der Waals surface area contributed by atoms with Gasteiger partial charge in [-0.1, -0.05) is 0 Å². The zero-order valence-corrected chi connectivity index (χ0v) is 9.22. The monoisotopic (exact) mass is 306 g/mol. The molecule has 0 unspecified atom stereocenters. The largest absolute Gasteiger partial charge is 0.289 e. The molecule has 0 N–H and O–H groups in total. The quantitative estimate of drug-likeness (QED) is 0.759. The summed E-state index contributed by atoms with van der Waals surface area (Å²) >= 11 is 6.03. The number of rotatable bonds is 1. The molecule has 0 aliphatic rings. The maximum absolute atomic E-state index is 7.70. The van der Waals surface area contributed by atoms with Gasteiger partial charge in [-0.3, -0.25) is 4.57 Å². The molecule has 2 heterocycles. The van der Waals surface area contributed by atoms with E-state index in [1.165, 1.54) is 0 Å². The van der Waals surface area contributed by atoms with Crippen molar-refractivity contribution in [3.8, 4) is 5.82 Å². The van der Waals surface area contributed by atoms with Crippen LogP contribution in [0.2, 0.25) is 0 Å². The van der Waals surface area contributed by atoms with E-state index in [-0.39, 0.29) is 39.8 Å². The average Bonchev–Trinajstić information content (AvgIpc) is 2.48. The smallest absolute Gasteiger partial charge is 0.198 e. The third-order valence-corrected chi connectivity index (χ3v) is 1.89. The van der Waals surface area contributed by atoms with Gasteiger partial charge >= 0.3 is 0 Å². The minimum atomic E-state index is -0.287. The maximum Gasteiger partial charge on any atom is 0.198 e. The number of aromatic nitrogens is 4. The summed E-state index contributed by atoms with van der Waals surface area (Å²) in [6.07, 6.45) is -0.626. The van der Waals surface area contributed by atoms with Crippen molar-refractivity contribution in [2.24, 2.45) is 0 Å². The van der Waals surface area contributed by atoms with E-state index in [9.17, 15) is 0 Å². The third kappa shape index (κ3) is 1.94. The van der Waals surface area contributed by atoms with Crippen LogP contribution in [0, 0.1) is 0 Å². The van der Waals surface area contributed by atoms with Crippen molar-refractivity contribution in [1.82, 2.24) is 19.5 Å². The highest BCUT2D eigenvalue weighted by Crippen LogP contribution is 2.11. The minimum absolute atomic E-state index is 0.0231. The van der Waals surface area contributed by atoms with E-state index in [0.29, 0.717) is 0 Å². The summed E-state index contributed by atoms with van der Waals surface area (Å²) in [5.41, 5.74) is 0. The lowest BCUT2D eigenvalue weighted by Crippen LogP contribution is -1.95. The van der Waals surface area contributed by atoms with Crippen molar-refractivity contribution in [1.29, 1.82) is 0 Å². The van der Waals surface area contributed by atoms with Gasteiger partial charge in [-0.15, -0.1) is 0 Å². The van der Waals surface area contributed by atoms with Gasteiger partial charge in [-0.2, -0.15) is 0 Å². The second-order valence-electron chi connectivity index (χ2n) is 2.00. The molecule has 4 nitrogen and oxygen atoms in total. The Bertz CT molecular complexity index is 600. The van der Waals surface area contributed by atoms with Crippen LogP contribution in [0.15, 0.2) is 34.0 Å². The Hall–Kier alpha value is -0.750. The molecule has 0 atom stereocenters. The van der Waals surface area contributed by atoms with Crippen molar-refractivity contribution in [2.45, 2.75) is 0 Å². The summed E-state index contributed by atoms with van der Waals surface area (Å²) in [5, 5.41) is 0. The fourth-order valence-electron chi connectivity index (χ4n) is 0.707. The van der Waals surface area contributed by atoms with Crippen molar-refractivity contribution < 1.29 is 5.48 Å². The Balaban J connectivity index is 2.76. The van der Waals surface area contributed by atoms with E-state index < -0.39 is 0 Å². The van der Waals surface area contributed by atoms with Crippen LogP contribution in [0.4, 0.5) is 0 Å². The van der Waals surface area contributed by atoms with Crippen molar-refractivity contribution >= 4 is 31.9 Å². The fraction of sp³-hybridized carbons (Fsp3) is 0. The molecule has 0 aliphatic heterocycles. The molecule has 2 rings (SSSR count). The highest BCUT2D eigenvalue weighted by Gasteiger charge is 1.99. The standard InChI is InChI=1S/C7H4Br2N4/c8-5-3-13(4-11-5)6-1-2-10-7(9)12-6/h1-4H/i1D,2D,3D,4D. The molecule has 0 radical (unpaired) electrons. The number of hydrogen-bond donors (Lipinski definition) is 0. The summed E-state index contributed by atoms with van der Waals surface area (Å²) < 4.78 is 31.8. The van der Waals surface area contributed by atoms with Crippen LogP contribution >= 0.6 is 31.9 Å². The first-order valence-electron chi connectivity index (χ1n) is 5.14. The van der Waals surface area contributed by atoms with Gasteiger partial charge in [0.1, 0.15) is 18.1 Å². The summed E-state index contributed by atoms with van der Waals surface area (Å²) in [7, 11) is 0. The summed E-state index contributed by atoms with van der Waals surface area (Å²) in [6, 6.07) is -0.264. The predicted molar refractivity (Wildman–Crippen MR) is 54.6 cm³/mol.